The largest absolute Gasteiger partial charge is 0.293 e. The van der Waals surface area contributed by atoms with Crippen molar-refractivity contribution in [2.45, 2.75) is 0 Å². The molecular formula is C50H33N5. The molecule has 5 nitrogen and oxygen atoms in total. The molecule has 0 aliphatic heterocycles. The Morgan fingerprint density at radius 2 is 0.673 bits per heavy atom. The third-order valence-corrected chi connectivity index (χ3v) is 10.1. The third-order valence-electron chi connectivity index (χ3n) is 10.1. The topological polar surface area (TPSA) is 56.0 Å². The highest BCUT2D eigenvalue weighted by molar-refractivity contribution is 6.06. The predicted molar refractivity (Wildman–Crippen MR) is 224 cm³/mol. The van der Waals surface area contributed by atoms with Crippen LogP contribution in [0, 0.1) is 0 Å². The van der Waals surface area contributed by atoms with Gasteiger partial charge in [-0.3, -0.25) is 4.40 Å². The van der Waals surface area contributed by atoms with Crippen LogP contribution >= 0.6 is 0 Å². The van der Waals surface area contributed by atoms with E-state index in [0.29, 0.717) is 17.5 Å². The zero-order valence-corrected chi connectivity index (χ0v) is 29.8. The highest BCUT2D eigenvalue weighted by Gasteiger charge is 2.20. The number of rotatable bonds is 7. The van der Waals surface area contributed by atoms with Gasteiger partial charge in [0, 0.05) is 33.0 Å². The first kappa shape index (κ1) is 32.2. The van der Waals surface area contributed by atoms with Crippen molar-refractivity contribution in [1.82, 2.24) is 24.3 Å². The Morgan fingerprint density at radius 3 is 1.22 bits per heavy atom. The Morgan fingerprint density at radius 1 is 0.291 bits per heavy atom. The molecule has 10 aromatic rings. The fourth-order valence-electron chi connectivity index (χ4n) is 7.35. The molecule has 0 saturated heterocycles. The zero-order valence-electron chi connectivity index (χ0n) is 29.8. The molecule has 55 heavy (non-hydrogen) atoms. The van der Waals surface area contributed by atoms with E-state index < -0.39 is 0 Å². The summed E-state index contributed by atoms with van der Waals surface area (Å²) in [6, 6.07) is 69.2. The molecule has 3 heterocycles. The number of fused-ring (bicyclic) bond motifs is 3. The molecule has 0 radical (unpaired) electrons. The first-order chi connectivity index (χ1) is 27.3. The molecule has 0 spiro atoms. The van der Waals surface area contributed by atoms with Crippen LogP contribution in [0.15, 0.2) is 200 Å². The molecule has 0 bridgehead atoms. The van der Waals surface area contributed by atoms with Crippen molar-refractivity contribution >= 4 is 16.4 Å². The van der Waals surface area contributed by atoms with Crippen molar-refractivity contribution in [3.63, 3.8) is 0 Å². The van der Waals surface area contributed by atoms with Crippen LogP contribution in [-0.4, -0.2) is 24.3 Å². The number of hydrogen-bond donors (Lipinski definition) is 0. The maximum absolute atomic E-state index is 5.31. The van der Waals surface area contributed by atoms with Gasteiger partial charge in [0.25, 0.3) is 0 Å². The Hall–Kier alpha value is -7.50. The fourth-order valence-corrected chi connectivity index (χ4v) is 7.35. The van der Waals surface area contributed by atoms with Crippen LogP contribution in [0.4, 0.5) is 0 Å². The minimum absolute atomic E-state index is 0.615. The minimum Gasteiger partial charge on any atom is -0.293 e. The molecule has 5 heteroatoms. The Kier molecular flexibility index (Phi) is 8.08. The molecule has 10 rings (SSSR count). The van der Waals surface area contributed by atoms with E-state index in [0.717, 1.165) is 72.4 Å². The van der Waals surface area contributed by atoms with Crippen molar-refractivity contribution in [2.24, 2.45) is 0 Å². The fraction of sp³-hybridized carbons (Fsp3) is 0. The lowest BCUT2D eigenvalue weighted by molar-refractivity contribution is 1.07. The second kappa shape index (κ2) is 13.8. The van der Waals surface area contributed by atoms with Crippen LogP contribution in [0.1, 0.15) is 0 Å². The van der Waals surface area contributed by atoms with Gasteiger partial charge in [-0.15, -0.1) is 0 Å². The normalized spacial score (nSPS) is 11.3. The van der Waals surface area contributed by atoms with E-state index in [-0.39, 0.29) is 0 Å². The van der Waals surface area contributed by atoms with Crippen molar-refractivity contribution < 1.29 is 0 Å². The lowest BCUT2D eigenvalue weighted by Crippen LogP contribution is -2.01. The number of benzene rings is 7. The standard InChI is InChI=1S/C50H33N5/c1-5-15-34(16-6-1)35-25-29-40(30-26-35)48-52-47(39-21-11-4-12-22-39)53-49(54-48)41-31-27-37(28-32-41)45-33-44(36-17-7-2-8-18-36)51-50-43-24-14-13-23-42(43)46(55(45)50)38-19-9-3-10-20-38/h1-33H. The maximum atomic E-state index is 5.31. The molecule has 0 N–H and O–H groups in total. The molecule has 258 valence electrons. The molecular weight excluding hydrogens is 671 g/mol. The van der Waals surface area contributed by atoms with Crippen molar-refractivity contribution in [1.29, 1.82) is 0 Å². The predicted octanol–water partition coefficient (Wildman–Crippen LogP) is 12.3. The van der Waals surface area contributed by atoms with Crippen LogP contribution in [0.3, 0.4) is 0 Å². The summed E-state index contributed by atoms with van der Waals surface area (Å²) in [6.07, 6.45) is 0. The second-order valence-electron chi connectivity index (χ2n) is 13.5. The van der Waals surface area contributed by atoms with Gasteiger partial charge in [-0.1, -0.05) is 194 Å². The average Bonchev–Trinajstić information content (AvgIpc) is 3.61. The molecule has 0 fully saturated rings. The Bertz CT molecular complexity index is 2920. The van der Waals surface area contributed by atoms with Crippen molar-refractivity contribution in [3.05, 3.63) is 200 Å². The highest BCUT2D eigenvalue weighted by Crippen LogP contribution is 2.39. The van der Waals surface area contributed by atoms with Gasteiger partial charge in [-0.2, -0.15) is 0 Å². The smallest absolute Gasteiger partial charge is 0.164 e. The molecule has 0 aliphatic carbocycles. The van der Waals surface area contributed by atoms with Crippen LogP contribution in [0.25, 0.3) is 95.5 Å². The van der Waals surface area contributed by atoms with Gasteiger partial charge in [0.1, 0.15) is 5.65 Å². The van der Waals surface area contributed by atoms with Crippen LogP contribution < -0.4 is 0 Å². The summed E-state index contributed by atoms with van der Waals surface area (Å²) in [5.74, 6) is 1.87. The SMILES string of the molecule is c1ccc(-c2ccc(-c3nc(-c4ccccc4)nc(-c4ccc(-c5cc(-c6ccccc6)nc6c7ccccc7c(-c7ccccc7)n56)cc4)n3)cc2)cc1. The Labute approximate surface area is 319 Å². The summed E-state index contributed by atoms with van der Waals surface area (Å²) in [5.41, 5.74) is 12.3. The number of hydrogen-bond acceptors (Lipinski definition) is 4. The van der Waals surface area contributed by atoms with Gasteiger partial charge in [-0.05, 0) is 28.3 Å². The van der Waals surface area contributed by atoms with E-state index in [1.807, 2.05) is 42.5 Å². The molecule has 7 aromatic carbocycles. The molecule has 0 amide bonds. The van der Waals surface area contributed by atoms with Crippen LogP contribution in [0.5, 0.6) is 0 Å². The lowest BCUT2D eigenvalue weighted by atomic mass is 10.0. The van der Waals surface area contributed by atoms with E-state index in [1.54, 1.807) is 0 Å². The van der Waals surface area contributed by atoms with E-state index in [4.69, 9.17) is 19.9 Å². The van der Waals surface area contributed by atoms with Crippen LogP contribution in [0.2, 0.25) is 0 Å². The monoisotopic (exact) mass is 703 g/mol. The van der Waals surface area contributed by atoms with Crippen molar-refractivity contribution in [2.75, 3.05) is 0 Å². The van der Waals surface area contributed by atoms with Crippen LogP contribution in [-0.2, 0) is 0 Å². The molecule has 0 atom stereocenters. The summed E-state index contributed by atoms with van der Waals surface area (Å²) in [6.45, 7) is 0. The molecule has 0 saturated carbocycles. The van der Waals surface area contributed by atoms with Crippen molar-refractivity contribution in [3.8, 4) is 79.1 Å². The summed E-state index contributed by atoms with van der Waals surface area (Å²) >= 11 is 0. The van der Waals surface area contributed by atoms with Gasteiger partial charge < -0.3 is 0 Å². The number of nitrogens with zero attached hydrogens (tertiary/aromatic N) is 5. The van der Waals surface area contributed by atoms with E-state index in [2.05, 4.69) is 162 Å². The summed E-state index contributed by atoms with van der Waals surface area (Å²) in [4.78, 5) is 20.3. The average molecular weight is 704 g/mol. The first-order valence-corrected chi connectivity index (χ1v) is 18.4. The number of aromatic nitrogens is 5. The summed E-state index contributed by atoms with van der Waals surface area (Å²) in [7, 11) is 0. The lowest BCUT2D eigenvalue weighted by Gasteiger charge is -2.14. The maximum Gasteiger partial charge on any atom is 0.164 e. The highest BCUT2D eigenvalue weighted by atomic mass is 15.0. The quantitative estimate of drug-likeness (QED) is 0.166. The van der Waals surface area contributed by atoms with Gasteiger partial charge in [-0.25, -0.2) is 19.9 Å². The van der Waals surface area contributed by atoms with Gasteiger partial charge in [0.15, 0.2) is 17.5 Å². The minimum atomic E-state index is 0.615. The molecule has 0 unspecified atom stereocenters. The van der Waals surface area contributed by atoms with Gasteiger partial charge >= 0.3 is 0 Å². The first-order valence-electron chi connectivity index (χ1n) is 18.4. The Balaban J connectivity index is 1.12. The summed E-state index contributed by atoms with van der Waals surface area (Å²) in [5, 5.41) is 2.27. The van der Waals surface area contributed by atoms with Gasteiger partial charge in [0.05, 0.1) is 17.1 Å². The third kappa shape index (κ3) is 6.04. The molecule has 3 aromatic heterocycles. The second-order valence-corrected chi connectivity index (χ2v) is 13.5. The van der Waals surface area contributed by atoms with E-state index >= 15 is 0 Å². The zero-order chi connectivity index (χ0) is 36.6. The van der Waals surface area contributed by atoms with E-state index in [9.17, 15) is 0 Å². The molecule has 0 aliphatic rings. The van der Waals surface area contributed by atoms with Gasteiger partial charge in [0.2, 0.25) is 0 Å². The summed E-state index contributed by atoms with van der Waals surface area (Å²) < 4.78 is 2.31. The van der Waals surface area contributed by atoms with E-state index in [1.165, 1.54) is 5.56 Å².